The van der Waals surface area contributed by atoms with Gasteiger partial charge in [-0.15, -0.1) is 0 Å². The summed E-state index contributed by atoms with van der Waals surface area (Å²) in [5.74, 6) is -0.419. The number of nitrogens with zero attached hydrogens (tertiary/aromatic N) is 3. The van der Waals surface area contributed by atoms with Gasteiger partial charge in [0, 0.05) is 30.5 Å². The summed E-state index contributed by atoms with van der Waals surface area (Å²) >= 11 is 0. The van der Waals surface area contributed by atoms with Crippen molar-refractivity contribution in [1.82, 2.24) is 20.2 Å². The molecule has 0 unspecified atom stereocenters. The molecule has 0 saturated carbocycles. The smallest absolute Gasteiger partial charge is 0.372 e. The predicted octanol–water partition coefficient (Wildman–Crippen LogP) is 3.41. The number of piperidine rings is 1. The number of likely N-dealkylation sites (tertiary alicyclic amines) is 1. The normalized spacial score (nSPS) is 15.7. The molecule has 30 heavy (non-hydrogen) atoms. The van der Waals surface area contributed by atoms with Crippen molar-refractivity contribution < 1.29 is 18.0 Å². The quantitative estimate of drug-likeness (QED) is 0.685. The van der Waals surface area contributed by atoms with E-state index in [4.69, 9.17) is 0 Å². The summed E-state index contributed by atoms with van der Waals surface area (Å²) < 4.78 is 38.9. The van der Waals surface area contributed by atoms with Crippen LogP contribution in [0, 0.1) is 6.92 Å². The van der Waals surface area contributed by atoms with Gasteiger partial charge < -0.3 is 20.9 Å². The maximum absolute atomic E-state index is 13.0. The van der Waals surface area contributed by atoms with Gasteiger partial charge in [-0.25, -0.2) is 4.98 Å². The van der Waals surface area contributed by atoms with E-state index in [0.717, 1.165) is 37.7 Å². The summed E-state index contributed by atoms with van der Waals surface area (Å²) in [6, 6.07) is 5.26. The molecule has 0 radical (unpaired) electrons. The van der Waals surface area contributed by atoms with Crippen LogP contribution >= 0.6 is 0 Å². The van der Waals surface area contributed by atoms with Gasteiger partial charge in [-0.3, -0.25) is 4.79 Å². The topological polar surface area (TPSA) is 82.2 Å². The molecule has 1 aliphatic heterocycles. The molecule has 10 heteroatoms. The fraction of sp³-hybridized carbons (Fsp3) is 0.450. The van der Waals surface area contributed by atoms with Gasteiger partial charge in [0.1, 0.15) is 11.4 Å². The zero-order valence-corrected chi connectivity index (χ0v) is 17.1. The number of carbonyl (C=O) groups is 1. The van der Waals surface area contributed by atoms with E-state index in [2.05, 4.69) is 37.9 Å². The van der Waals surface area contributed by atoms with Crippen LogP contribution in [0.15, 0.2) is 24.4 Å². The van der Waals surface area contributed by atoms with Crippen molar-refractivity contribution in [2.45, 2.75) is 32.0 Å². The predicted molar refractivity (Wildman–Crippen MR) is 109 cm³/mol. The second-order valence-corrected chi connectivity index (χ2v) is 7.41. The first-order valence-electron chi connectivity index (χ1n) is 9.66. The summed E-state index contributed by atoms with van der Waals surface area (Å²) in [5, 5.41) is 8.40. The number of hydrogen-bond acceptors (Lipinski definition) is 6. The molecule has 7 nitrogen and oxygen atoms in total. The summed E-state index contributed by atoms with van der Waals surface area (Å²) in [6.07, 6.45) is -1.98. The highest BCUT2D eigenvalue weighted by Gasteiger charge is 2.35. The Kier molecular flexibility index (Phi) is 6.45. The highest BCUT2D eigenvalue weighted by atomic mass is 19.4. The molecule has 2 aromatic rings. The highest BCUT2D eigenvalue weighted by Crippen LogP contribution is 2.33. The third-order valence-corrected chi connectivity index (χ3v) is 5.11. The first-order chi connectivity index (χ1) is 14.2. The van der Waals surface area contributed by atoms with E-state index in [1.807, 2.05) is 0 Å². The minimum Gasteiger partial charge on any atom is -0.372 e. The molecule has 0 bridgehead atoms. The summed E-state index contributed by atoms with van der Waals surface area (Å²) in [4.78, 5) is 22.5. The van der Waals surface area contributed by atoms with Gasteiger partial charge in [0.2, 0.25) is 5.95 Å². The molecule has 3 N–H and O–H groups in total. The molecule has 3 rings (SSSR count). The molecule has 1 fully saturated rings. The molecule has 162 valence electrons. The van der Waals surface area contributed by atoms with E-state index >= 15 is 0 Å². The van der Waals surface area contributed by atoms with E-state index in [9.17, 15) is 18.0 Å². The molecule has 2 heterocycles. The number of anilines is 3. The molecule has 1 aromatic carbocycles. The maximum atomic E-state index is 13.0. The molecule has 1 amide bonds. The number of aromatic nitrogens is 2. The minimum absolute atomic E-state index is 0.0234. The number of halogens is 3. The standard InChI is InChI=1S/C20H25F3N6O/c1-12-10-14(27-19-25-11-16(20(21,22)23)17(24-2)28-19)4-5-15(12)18(30)26-13-6-8-29(3)9-7-13/h4-5,10-11,13H,6-9H2,1-3H3,(H,26,30)(H2,24,25,27,28). The number of aryl methyl sites for hydroxylation is 1. The van der Waals surface area contributed by atoms with Crippen molar-refractivity contribution in [1.29, 1.82) is 0 Å². The van der Waals surface area contributed by atoms with Crippen LogP contribution in [0.25, 0.3) is 0 Å². The Balaban J connectivity index is 1.70. The van der Waals surface area contributed by atoms with Crippen molar-refractivity contribution in [3.05, 3.63) is 41.1 Å². The van der Waals surface area contributed by atoms with E-state index in [1.165, 1.54) is 7.05 Å². The van der Waals surface area contributed by atoms with Crippen LogP contribution in [0.5, 0.6) is 0 Å². The molecule has 1 saturated heterocycles. The summed E-state index contributed by atoms with van der Waals surface area (Å²) in [7, 11) is 3.43. The Hall–Kier alpha value is -2.88. The second kappa shape index (κ2) is 8.86. The largest absolute Gasteiger partial charge is 0.421 e. The van der Waals surface area contributed by atoms with Crippen LogP contribution in [-0.2, 0) is 6.18 Å². The molecule has 0 atom stereocenters. The first kappa shape index (κ1) is 21.8. The Bertz CT molecular complexity index is 910. The van der Waals surface area contributed by atoms with Crippen molar-refractivity contribution in [3.8, 4) is 0 Å². The van der Waals surface area contributed by atoms with Crippen molar-refractivity contribution in [3.63, 3.8) is 0 Å². The number of carbonyl (C=O) groups excluding carboxylic acids is 1. The number of amides is 1. The number of nitrogens with one attached hydrogen (secondary N) is 3. The molecule has 0 spiro atoms. The molecular weight excluding hydrogens is 397 g/mol. The molecule has 1 aliphatic rings. The Morgan fingerprint density at radius 3 is 2.53 bits per heavy atom. The van der Waals surface area contributed by atoms with Crippen molar-refractivity contribution in [2.24, 2.45) is 0 Å². The number of benzene rings is 1. The van der Waals surface area contributed by atoms with Crippen LogP contribution in [0.2, 0.25) is 0 Å². The zero-order valence-electron chi connectivity index (χ0n) is 17.1. The first-order valence-corrected chi connectivity index (χ1v) is 9.66. The van der Waals surface area contributed by atoms with Gasteiger partial charge >= 0.3 is 6.18 Å². The van der Waals surface area contributed by atoms with Crippen LogP contribution in [-0.4, -0.2) is 54.0 Å². The third kappa shape index (κ3) is 5.18. The van der Waals surface area contributed by atoms with E-state index in [1.54, 1.807) is 25.1 Å². The third-order valence-electron chi connectivity index (χ3n) is 5.11. The second-order valence-electron chi connectivity index (χ2n) is 7.41. The Labute approximate surface area is 173 Å². The van der Waals surface area contributed by atoms with E-state index in [-0.39, 0.29) is 23.7 Å². The lowest BCUT2D eigenvalue weighted by molar-refractivity contribution is -0.137. The maximum Gasteiger partial charge on any atom is 0.421 e. The fourth-order valence-electron chi connectivity index (χ4n) is 3.38. The Morgan fingerprint density at radius 2 is 1.93 bits per heavy atom. The van der Waals surface area contributed by atoms with Gasteiger partial charge in [-0.05, 0) is 63.7 Å². The van der Waals surface area contributed by atoms with Crippen LogP contribution in [0.1, 0.15) is 34.3 Å². The van der Waals surface area contributed by atoms with E-state index in [0.29, 0.717) is 11.3 Å². The summed E-state index contributed by atoms with van der Waals surface area (Å²) in [5.41, 5.74) is 0.938. The number of rotatable bonds is 5. The van der Waals surface area contributed by atoms with Gasteiger partial charge in [-0.2, -0.15) is 18.2 Å². The fourth-order valence-corrected chi connectivity index (χ4v) is 3.38. The van der Waals surface area contributed by atoms with Crippen LogP contribution in [0.4, 0.5) is 30.6 Å². The average molecular weight is 422 g/mol. The molecule has 0 aliphatic carbocycles. The van der Waals surface area contributed by atoms with Crippen molar-refractivity contribution >= 4 is 23.4 Å². The van der Waals surface area contributed by atoms with Gasteiger partial charge in [0.15, 0.2) is 0 Å². The Morgan fingerprint density at radius 1 is 1.23 bits per heavy atom. The van der Waals surface area contributed by atoms with Gasteiger partial charge in [0.05, 0.1) is 0 Å². The van der Waals surface area contributed by atoms with Crippen LogP contribution < -0.4 is 16.0 Å². The van der Waals surface area contributed by atoms with Gasteiger partial charge in [-0.1, -0.05) is 0 Å². The number of hydrogen-bond donors (Lipinski definition) is 3. The summed E-state index contributed by atoms with van der Waals surface area (Å²) in [6.45, 7) is 3.71. The van der Waals surface area contributed by atoms with Crippen LogP contribution in [0.3, 0.4) is 0 Å². The lowest BCUT2D eigenvalue weighted by Crippen LogP contribution is -2.43. The average Bonchev–Trinajstić information content (AvgIpc) is 2.68. The molecular formula is C20H25F3N6O. The van der Waals surface area contributed by atoms with Gasteiger partial charge in [0.25, 0.3) is 5.91 Å². The lowest BCUT2D eigenvalue weighted by Gasteiger charge is -2.29. The minimum atomic E-state index is -4.55. The highest BCUT2D eigenvalue weighted by molar-refractivity contribution is 5.96. The number of alkyl halides is 3. The van der Waals surface area contributed by atoms with E-state index < -0.39 is 11.7 Å². The molecule has 1 aromatic heterocycles. The zero-order chi connectivity index (χ0) is 21.9. The lowest BCUT2D eigenvalue weighted by atomic mass is 10.0. The SMILES string of the molecule is CNc1nc(Nc2ccc(C(=O)NC3CCN(C)CC3)c(C)c2)ncc1C(F)(F)F. The van der Waals surface area contributed by atoms with Crippen molar-refractivity contribution in [2.75, 3.05) is 37.8 Å². The monoisotopic (exact) mass is 422 g/mol.